The van der Waals surface area contributed by atoms with Crippen molar-refractivity contribution in [1.82, 2.24) is 5.32 Å². The lowest BCUT2D eigenvalue weighted by Crippen LogP contribution is -2.36. The molecule has 0 aliphatic carbocycles. The zero-order valence-corrected chi connectivity index (χ0v) is 8.57. The lowest BCUT2D eigenvalue weighted by Gasteiger charge is -2.20. The van der Waals surface area contributed by atoms with Gasteiger partial charge in [0.2, 0.25) is 0 Å². The van der Waals surface area contributed by atoms with Gasteiger partial charge >= 0.3 is 0 Å². The molecule has 0 radical (unpaired) electrons. The van der Waals surface area contributed by atoms with E-state index in [1.165, 1.54) is 12.8 Å². The highest BCUT2D eigenvalue weighted by atomic mass is 16.5. The Hall–Kier alpha value is -1.02. The molecule has 2 unspecified atom stereocenters. The SMILES string of the molecule is CC(Oc1ccccc1)C1CCCN1. The van der Waals surface area contributed by atoms with Gasteiger partial charge in [0.15, 0.2) is 0 Å². The fourth-order valence-electron chi connectivity index (χ4n) is 1.91. The van der Waals surface area contributed by atoms with Crippen LogP contribution in [0.2, 0.25) is 0 Å². The van der Waals surface area contributed by atoms with Gasteiger partial charge in [0.25, 0.3) is 0 Å². The molecule has 76 valence electrons. The van der Waals surface area contributed by atoms with Gasteiger partial charge in [-0.3, -0.25) is 0 Å². The second kappa shape index (κ2) is 4.47. The van der Waals surface area contributed by atoms with Crippen molar-refractivity contribution in [1.29, 1.82) is 0 Å². The quantitative estimate of drug-likeness (QED) is 0.791. The van der Waals surface area contributed by atoms with Crippen LogP contribution in [0.3, 0.4) is 0 Å². The Labute approximate surface area is 85.3 Å². The Kier molecular flexibility index (Phi) is 3.04. The second-order valence-electron chi connectivity index (χ2n) is 3.84. The van der Waals surface area contributed by atoms with Crippen molar-refractivity contribution in [2.75, 3.05) is 6.54 Å². The maximum atomic E-state index is 5.84. The molecular weight excluding hydrogens is 174 g/mol. The average Bonchev–Trinajstić information content (AvgIpc) is 2.72. The second-order valence-corrected chi connectivity index (χ2v) is 3.84. The molecule has 2 heteroatoms. The van der Waals surface area contributed by atoms with Crippen molar-refractivity contribution >= 4 is 0 Å². The Bertz CT molecular complexity index is 267. The molecule has 0 amide bonds. The molecule has 0 saturated carbocycles. The summed E-state index contributed by atoms with van der Waals surface area (Å²) in [5.41, 5.74) is 0. The van der Waals surface area contributed by atoms with E-state index >= 15 is 0 Å². The first-order chi connectivity index (χ1) is 6.86. The van der Waals surface area contributed by atoms with Gasteiger partial charge in [0.05, 0.1) is 0 Å². The summed E-state index contributed by atoms with van der Waals surface area (Å²) in [6.45, 7) is 3.27. The van der Waals surface area contributed by atoms with Gasteiger partial charge in [-0.05, 0) is 38.4 Å². The van der Waals surface area contributed by atoms with Crippen LogP contribution in [-0.4, -0.2) is 18.7 Å². The molecule has 2 nitrogen and oxygen atoms in total. The number of benzene rings is 1. The van der Waals surface area contributed by atoms with Gasteiger partial charge in [-0.15, -0.1) is 0 Å². The standard InChI is InChI=1S/C12H17NO/c1-10(12-8-5-9-13-12)14-11-6-3-2-4-7-11/h2-4,6-7,10,12-13H,5,8-9H2,1H3. The minimum absolute atomic E-state index is 0.264. The minimum Gasteiger partial charge on any atom is -0.489 e. The third-order valence-corrected chi connectivity index (χ3v) is 2.73. The molecule has 1 fully saturated rings. The van der Waals surface area contributed by atoms with Crippen molar-refractivity contribution < 1.29 is 4.74 Å². The van der Waals surface area contributed by atoms with Crippen LogP contribution in [0.4, 0.5) is 0 Å². The topological polar surface area (TPSA) is 21.3 Å². The molecule has 14 heavy (non-hydrogen) atoms. The van der Waals surface area contributed by atoms with E-state index in [0.717, 1.165) is 12.3 Å². The van der Waals surface area contributed by atoms with Crippen molar-refractivity contribution in [3.05, 3.63) is 30.3 Å². The first-order valence-corrected chi connectivity index (χ1v) is 5.31. The summed E-state index contributed by atoms with van der Waals surface area (Å²) in [6.07, 6.45) is 2.76. The third kappa shape index (κ3) is 2.26. The van der Waals surface area contributed by atoms with E-state index in [9.17, 15) is 0 Å². The fourth-order valence-corrected chi connectivity index (χ4v) is 1.91. The maximum absolute atomic E-state index is 5.84. The summed E-state index contributed by atoms with van der Waals surface area (Å²) in [7, 11) is 0. The monoisotopic (exact) mass is 191 g/mol. The van der Waals surface area contributed by atoms with E-state index in [1.807, 2.05) is 30.3 Å². The Balaban J connectivity index is 1.90. The van der Waals surface area contributed by atoms with E-state index in [-0.39, 0.29) is 6.10 Å². The summed E-state index contributed by atoms with van der Waals surface area (Å²) in [5.74, 6) is 0.966. The van der Waals surface area contributed by atoms with Crippen LogP contribution in [0, 0.1) is 0 Å². The first kappa shape index (κ1) is 9.53. The molecule has 2 atom stereocenters. The number of rotatable bonds is 3. The number of hydrogen-bond acceptors (Lipinski definition) is 2. The highest BCUT2D eigenvalue weighted by Gasteiger charge is 2.21. The molecule has 1 heterocycles. The largest absolute Gasteiger partial charge is 0.489 e. The predicted octanol–water partition coefficient (Wildman–Crippen LogP) is 2.21. The van der Waals surface area contributed by atoms with Crippen molar-refractivity contribution in [2.24, 2.45) is 0 Å². The number of para-hydroxylation sites is 1. The van der Waals surface area contributed by atoms with Crippen molar-refractivity contribution in [3.8, 4) is 5.75 Å². The van der Waals surface area contributed by atoms with Crippen LogP contribution in [0.25, 0.3) is 0 Å². The number of nitrogens with one attached hydrogen (secondary N) is 1. The van der Waals surface area contributed by atoms with Crippen LogP contribution in [0.5, 0.6) is 5.75 Å². The van der Waals surface area contributed by atoms with E-state index in [4.69, 9.17) is 4.74 Å². The Morgan fingerprint density at radius 1 is 1.36 bits per heavy atom. The van der Waals surface area contributed by atoms with E-state index in [2.05, 4.69) is 12.2 Å². The molecule has 1 N–H and O–H groups in total. The van der Waals surface area contributed by atoms with Gasteiger partial charge < -0.3 is 10.1 Å². The van der Waals surface area contributed by atoms with Gasteiger partial charge in [-0.2, -0.15) is 0 Å². The van der Waals surface area contributed by atoms with E-state index in [0.29, 0.717) is 6.04 Å². The van der Waals surface area contributed by atoms with Gasteiger partial charge in [-0.1, -0.05) is 18.2 Å². The van der Waals surface area contributed by atoms with E-state index < -0.39 is 0 Å². The lowest BCUT2D eigenvalue weighted by molar-refractivity contribution is 0.180. The summed E-state index contributed by atoms with van der Waals surface area (Å²) < 4.78 is 5.84. The lowest BCUT2D eigenvalue weighted by atomic mass is 10.1. The maximum Gasteiger partial charge on any atom is 0.119 e. The van der Waals surface area contributed by atoms with Gasteiger partial charge in [0.1, 0.15) is 11.9 Å². The molecule has 1 aromatic rings. The zero-order chi connectivity index (χ0) is 9.80. The Morgan fingerprint density at radius 2 is 2.14 bits per heavy atom. The fraction of sp³-hybridized carbons (Fsp3) is 0.500. The van der Waals surface area contributed by atoms with Crippen LogP contribution in [0.1, 0.15) is 19.8 Å². The molecule has 1 aromatic carbocycles. The van der Waals surface area contributed by atoms with E-state index in [1.54, 1.807) is 0 Å². The van der Waals surface area contributed by atoms with Crippen LogP contribution in [0.15, 0.2) is 30.3 Å². The molecule has 2 rings (SSSR count). The highest BCUT2D eigenvalue weighted by molar-refractivity contribution is 5.21. The molecule has 1 aliphatic rings. The predicted molar refractivity (Wildman–Crippen MR) is 57.6 cm³/mol. The van der Waals surface area contributed by atoms with Crippen molar-refractivity contribution in [2.45, 2.75) is 31.9 Å². The normalized spacial score (nSPS) is 23.4. The van der Waals surface area contributed by atoms with Crippen LogP contribution in [-0.2, 0) is 0 Å². The number of ether oxygens (including phenoxy) is 1. The summed E-state index contributed by atoms with van der Waals surface area (Å²) in [5, 5.41) is 3.45. The smallest absolute Gasteiger partial charge is 0.119 e. The number of hydrogen-bond donors (Lipinski definition) is 1. The highest BCUT2D eigenvalue weighted by Crippen LogP contribution is 2.16. The molecule has 0 bridgehead atoms. The van der Waals surface area contributed by atoms with Crippen LogP contribution >= 0.6 is 0 Å². The molecule has 0 spiro atoms. The summed E-state index contributed by atoms with van der Waals surface area (Å²) >= 11 is 0. The van der Waals surface area contributed by atoms with Gasteiger partial charge in [0, 0.05) is 6.04 Å². The Morgan fingerprint density at radius 3 is 2.79 bits per heavy atom. The molecule has 0 aromatic heterocycles. The summed E-state index contributed by atoms with van der Waals surface area (Å²) in [6, 6.07) is 10.5. The van der Waals surface area contributed by atoms with Gasteiger partial charge in [-0.25, -0.2) is 0 Å². The molecule has 1 saturated heterocycles. The average molecular weight is 191 g/mol. The molecule has 1 aliphatic heterocycles. The minimum atomic E-state index is 0.264. The first-order valence-electron chi connectivity index (χ1n) is 5.31. The van der Waals surface area contributed by atoms with Crippen LogP contribution < -0.4 is 10.1 Å². The zero-order valence-electron chi connectivity index (χ0n) is 8.57. The molecular formula is C12H17NO. The van der Waals surface area contributed by atoms with Crippen molar-refractivity contribution in [3.63, 3.8) is 0 Å². The summed E-state index contributed by atoms with van der Waals surface area (Å²) in [4.78, 5) is 0. The third-order valence-electron chi connectivity index (χ3n) is 2.73.